The number of para-hydroxylation sites is 2. The number of fused-ring (bicyclic) bond motifs is 1. The molecular formula is C19H27N7. The standard InChI is InChI=1S/C19H27N7/c1-4-26-18(22-23-19(26)13-9-14(20)10-13)12-24(2)11-17-21-15-7-5-6-8-16(15)25(17)3/h5-8,13-14H,4,9-12,20H2,1-3H3. The quantitative estimate of drug-likeness (QED) is 0.733. The lowest BCUT2D eigenvalue weighted by molar-refractivity contribution is 0.291. The molecule has 2 aromatic heterocycles. The Morgan fingerprint density at radius 2 is 1.88 bits per heavy atom. The van der Waals surface area contributed by atoms with Gasteiger partial charge in [-0.25, -0.2) is 4.98 Å². The number of hydrogen-bond acceptors (Lipinski definition) is 5. The van der Waals surface area contributed by atoms with E-state index in [0.717, 1.165) is 61.0 Å². The molecule has 0 bridgehead atoms. The molecule has 2 heterocycles. The van der Waals surface area contributed by atoms with Crippen LogP contribution in [0.1, 0.15) is 43.2 Å². The number of nitrogens with two attached hydrogens (primary N) is 1. The van der Waals surface area contributed by atoms with E-state index in [4.69, 9.17) is 10.7 Å². The van der Waals surface area contributed by atoms with E-state index in [2.05, 4.69) is 63.4 Å². The van der Waals surface area contributed by atoms with Crippen molar-refractivity contribution < 1.29 is 0 Å². The molecule has 1 fully saturated rings. The first-order valence-corrected chi connectivity index (χ1v) is 9.33. The Morgan fingerprint density at radius 3 is 2.58 bits per heavy atom. The molecule has 1 aromatic carbocycles. The molecule has 2 N–H and O–H groups in total. The van der Waals surface area contributed by atoms with Crippen molar-refractivity contribution in [2.75, 3.05) is 7.05 Å². The summed E-state index contributed by atoms with van der Waals surface area (Å²) in [7, 11) is 4.18. The predicted molar refractivity (Wildman–Crippen MR) is 102 cm³/mol. The molecule has 3 aromatic rings. The zero-order valence-electron chi connectivity index (χ0n) is 15.8. The molecule has 0 saturated heterocycles. The highest BCUT2D eigenvalue weighted by Gasteiger charge is 2.32. The second-order valence-corrected chi connectivity index (χ2v) is 7.40. The SMILES string of the molecule is CCn1c(CN(C)Cc2nc3ccccc3n2C)nnc1C1CC(N)C1. The van der Waals surface area contributed by atoms with E-state index in [1.165, 1.54) is 0 Å². The van der Waals surface area contributed by atoms with Crippen molar-refractivity contribution in [2.24, 2.45) is 12.8 Å². The van der Waals surface area contributed by atoms with Crippen LogP contribution in [-0.4, -0.2) is 42.3 Å². The van der Waals surface area contributed by atoms with Gasteiger partial charge in [-0.15, -0.1) is 10.2 Å². The van der Waals surface area contributed by atoms with Crippen molar-refractivity contribution in [3.63, 3.8) is 0 Å². The molecule has 0 atom stereocenters. The summed E-state index contributed by atoms with van der Waals surface area (Å²) in [6.45, 7) is 4.57. The number of rotatable bonds is 6. The fourth-order valence-electron chi connectivity index (χ4n) is 3.86. The maximum absolute atomic E-state index is 5.94. The number of imidazole rings is 1. The van der Waals surface area contributed by atoms with Crippen LogP contribution >= 0.6 is 0 Å². The molecule has 4 rings (SSSR count). The summed E-state index contributed by atoms with van der Waals surface area (Å²) in [5, 5.41) is 8.93. The summed E-state index contributed by atoms with van der Waals surface area (Å²) >= 11 is 0. The van der Waals surface area contributed by atoms with Gasteiger partial charge in [-0.1, -0.05) is 12.1 Å². The number of hydrogen-bond donors (Lipinski definition) is 1. The van der Waals surface area contributed by atoms with Crippen molar-refractivity contribution >= 4 is 11.0 Å². The van der Waals surface area contributed by atoms with Crippen LogP contribution in [0.3, 0.4) is 0 Å². The molecule has 26 heavy (non-hydrogen) atoms. The summed E-state index contributed by atoms with van der Waals surface area (Å²) in [6, 6.07) is 8.57. The van der Waals surface area contributed by atoms with Crippen LogP contribution in [0.2, 0.25) is 0 Å². The van der Waals surface area contributed by atoms with Crippen LogP contribution in [0.15, 0.2) is 24.3 Å². The van der Waals surface area contributed by atoms with E-state index in [-0.39, 0.29) is 0 Å². The zero-order valence-corrected chi connectivity index (χ0v) is 15.8. The molecule has 0 radical (unpaired) electrons. The molecule has 1 saturated carbocycles. The second-order valence-electron chi connectivity index (χ2n) is 7.40. The Kier molecular flexibility index (Phi) is 4.50. The minimum absolute atomic E-state index is 0.325. The molecule has 1 aliphatic rings. The molecular weight excluding hydrogens is 326 g/mol. The lowest BCUT2D eigenvalue weighted by atomic mass is 9.80. The third-order valence-corrected chi connectivity index (χ3v) is 5.41. The topological polar surface area (TPSA) is 77.8 Å². The van der Waals surface area contributed by atoms with E-state index in [9.17, 15) is 0 Å². The Hall–Kier alpha value is -2.25. The van der Waals surface area contributed by atoms with Gasteiger partial charge in [-0.05, 0) is 38.9 Å². The van der Waals surface area contributed by atoms with Gasteiger partial charge < -0.3 is 14.9 Å². The minimum atomic E-state index is 0.325. The summed E-state index contributed by atoms with van der Waals surface area (Å²) in [5.41, 5.74) is 8.15. The van der Waals surface area contributed by atoms with Crippen molar-refractivity contribution in [3.8, 4) is 0 Å². The third-order valence-electron chi connectivity index (χ3n) is 5.41. The molecule has 0 unspecified atom stereocenters. The summed E-state index contributed by atoms with van der Waals surface area (Å²) in [6.07, 6.45) is 2.04. The summed E-state index contributed by atoms with van der Waals surface area (Å²) in [5.74, 6) is 3.64. The number of nitrogens with zero attached hydrogens (tertiary/aromatic N) is 6. The van der Waals surface area contributed by atoms with Gasteiger partial charge >= 0.3 is 0 Å². The summed E-state index contributed by atoms with van der Waals surface area (Å²) < 4.78 is 4.42. The number of aryl methyl sites for hydroxylation is 1. The van der Waals surface area contributed by atoms with Crippen molar-refractivity contribution in [1.82, 2.24) is 29.2 Å². The van der Waals surface area contributed by atoms with Gasteiger partial charge in [0.1, 0.15) is 17.5 Å². The monoisotopic (exact) mass is 353 g/mol. The number of benzene rings is 1. The van der Waals surface area contributed by atoms with E-state index in [0.29, 0.717) is 12.0 Å². The van der Waals surface area contributed by atoms with Crippen LogP contribution in [-0.2, 0) is 26.7 Å². The maximum Gasteiger partial charge on any atom is 0.147 e. The van der Waals surface area contributed by atoms with Gasteiger partial charge in [0, 0.05) is 25.6 Å². The lowest BCUT2D eigenvalue weighted by Crippen LogP contribution is -2.36. The van der Waals surface area contributed by atoms with Gasteiger partial charge in [0.2, 0.25) is 0 Å². The molecule has 0 aliphatic heterocycles. The van der Waals surface area contributed by atoms with Crippen molar-refractivity contribution in [2.45, 2.75) is 51.4 Å². The van der Waals surface area contributed by atoms with E-state index < -0.39 is 0 Å². The van der Waals surface area contributed by atoms with Crippen molar-refractivity contribution in [3.05, 3.63) is 41.7 Å². The van der Waals surface area contributed by atoms with Crippen LogP contribution in [0.5, 0.6) is 0 Å². The first-order valence-electron chi connectivity index (χ1n) is 9.33. The second kappa shape index (κ2) is 6.81. The maximum atomic E-state index is 5.94. The van der Waals surface area contributed by atoms with E-state index >= 15 is 0 Å². The summed E-state index contributed by atoms with van der Waals surface area (Å²) in [4.78, 5) is 7.01. The highest BCUT2D eigenvalue weighted by Crippen LogP contribution is 2.34. The Morgan fingerprint density at radius 1 is 1.15 bits per heavy atom. The van der Waals surface area contributed by atoms with Gasteiger partial charge in [-0.2, -0.15) is 0 Å². The Bertz CT molecular complexity index is 904. The molecule has 0 spiro atoms. The highest BCUT2D eigenvalue weighted by atomic mass is 15.3. The fraction of sp³-hybridized carbons (Fsp3) is 0.526. The van der Waals surface area contributed by atoms with Gasteiger partial charge in [0.15, 0.2) is 0 Å². The highest BCUT2D eigenvalue weighted by molar-refractivity contribution is 5.75. The van der Waals surface area contributed by atoms with Gasteiger partial charge in [0.25, 0.3) is 0 Å². The molecule has 0 amide bonds. The number of aromatic nitrogens is 5. The molecule has 138 valence electrons. The largest absolute Gasteiger partial charge is 0.330 e. The Balaban J connectivity index is 1.49. The third kappa shape index (κ3) is 3.01. The van der Waals surface area contributed by atoms with Crippen molar-refractivity contribution in [1.29, 1.82) is 0 Å². The predicted octanol–water partition coefficient (Wildman–Crippen LogP) is 2.02. The first kappa shape index (κ1) is 17.2. The molecule has 7 heteroatoms. The zero-order chi connectivity index (χ0) is 18.3. The van der Waals surface area contributed by atoms with Crippen LogP contribution in [0, 0.1) is 0 Å². The lowest BCUT2D eigenvalue weighted by Gasteiger charge is -2.31. The van der Waals surface area contributed by atoms with Crippen LogP contribution < -0.4 is 5.73 Å². The first-order chi connectivity index (χ1) is 12.6. The minimum Gasteiger partial charge on any atom is -0.330 e. The average molecular weight is 353 g/mol. The molecule has 7 nitrogen and oxygen atoms in total. The van der Waals surface area contributed by atoms with Gasteiger partial charge in [0.05, 0.1) is 24.1 Å². The average Bonchev–Trinajstić information content (AvgIpc) is 3.13. The van der Waals surface area contributed by atoms with Crippen LogP contribution in [0.4, 0.5) is 0 Å². The van der Waals surface area contributed by atoms with E-state index in [1.54, 1.807) is 0 Å². The Labute approximate surface area is 153 Å². The van der Waals surface area contributed by atoms with Gasteiger partial charge in [-0.3, -0.25) is 4.90 Å². The molecule has 1 aliphatic carbocycles. The fourth-order valence-corrected chi connectivity index (χ4v) is 3.86. The smallest absolute Gasteiger partial charge is 0.147 e. The van der Waals surface area contributed by atoms with Crippen LogP contribution in [0.25, 0.3) is 11.0 Å². The normalized spacial score (nSPS) is 20.0. The van der Waals surface area contributed by atoms with E-state index in [1.807, 2.05) is 6.07 Å².